The lowest BCUT2D eigenvalue weighted by molar-refractivity contribution is 0.0793. The van der Waals surface area contributed by atoms with Crippen LogP contribution < -0.4 is 14.8 Å². The third kappa shape index (κ3) is 3.89. The fourth-order valence-corrected chi connectivity index (χ4v) is 6.58. The lowest BCUT2D eigenvalue weighted by Gasteiger charge is -2.35. The third-order valence-electron chi connectivity index (χ3n) is 7.25. The second-order valence-electron chi connectivity index (χ2n) is 10.4. The largest absolute Gasteiger partial charge is 0.504 e. The number of phenolic OH excluding ortho intramolecular Hbond substituents is 1. The number of nitrogens with zero attached hydrogens (tertiary/aromatic N) is 1. The number of allylic oxidation sites excluding steroid dienone is 1. The highest BCUT2D eigenvalue weighted by Crippen LogP contribution is 2.54. The summed E-state index contributed by atoms with van der Waals surface area (Å²) in [4.78, 5) is 16.1. The molecule has 3 aliphatic heterocycles. The van der Waals surface area contributed by atoms with E-state index in [1.165, 1.54) is 11.3 Å². The number of hydrogen-bond acceptors (Lipinski definition) is 6. The molecule has 2 aromatic carbocycles. The van der Waals surface area contributed by atoms with Gasteiger partial charge in [0.1, 0.15) is 11.5 Å². The van der Waals surface area contributed by atoms with Gasteiger partial charge in [0.15, 0.2) is 11.5 Å². The lowest BCUT2D eigenvalue weighted by atomic mass is 9.83. The van der Waals surface area contributed by atoms with Crippen molar-refractivity contribution in [3.05, 3.63) is 63.4 Å². The number of rotatable bonds is 3. The van der Waals surface area contributed by atoms with Crippen molar-refractivity contribution in [2.45, 2.75) is 39.2 Å². The number of carbonyl (C=O) groups is 1. The molecule has 0 aliphatic carbocycles. The first-order valence-corrected chi connectivity index (χ1v) is 13.5. The van der Waals surface area contributed by atoms with Gasteiger partial charge in [0.25, 0.3) is 5.91 Å². The minimum Gasteiger partial charge on any atom is -0.504 e. The Balaban J connectivity index is 1.58. The number of thiophene rings is 1. The molecule has 7 heteroatoms. The van der Waals surface area contributed by atoms with Crippen LogP contribution in [0.25, 0.3) is 28.5 Å². The smallest absolute Gasteiger partial charge is 0.255 e. The van der Waals surface area contributed by atoms with Crippen molar-refractivity contribution < 1.29 is 19.4 Å². The summed E-state index contributed by atoms with van der Waals surface area (Å²) in [6, 6.07) is 9.39. The van der Waals surface area contributed by atoms with Crippen LogP contribution in [0, 0.1) is 0 Å². The van der Waals surface area contributed by atoms with Crippen molar-refractivity contribution in [3.8, 4) is 28.4 Å². The molecular formula is C30H30N2O4S. The van der Waals surface area contributed by atoms with Gasteiger partial charge in [0.2, 0.25) is 0 Å². The Morgan fingerprint density at radius 3 is 2.68 bits per heavy atom. The monoisotopic (exact) mass is 514 g/mol. The summed E-state index contributed by atoms with van der Waals surface area (Å²) in [6.07, 6.45) is 6.31. The number of nitrogens with one attached hydrogen (secondary N) is 1. The van der Waals surface area contributed by atoms with E-state index < -0.39 is 0 Å². The number of benzene rings is 2. The maximum absolute atomic E-state index is 13.3. The van der Waals surface area contributed by atoms with Gasteiger partial charge in [-0.3, -0.25) is 4.79 Å². The predicted octanol–water partition coefficient (Wildman–Crippen LogP) is 6.86. The van der Waals surface area contributed by atoms with Crippen LogP contribution in [-0.4, -0.2) is 41.7 Å². The molecule has 2 N–H and O–H groups in total. The summed E-state index contributed by atoms with van der Waals surface area (Å²) in [5, 5.41) is 16.2. The number of amides is 1. The zero-order valence-corrected chi connectivity index (χ0v) is 22.3. The van der Waals surface area contributed by atoms with Crippen LogP contribution in [0.3, 0.4) is 0 Å². The van der Waals surface area contributed by atoms with E-state index in [-0.39, 0.29) is 17.2 Å². The van der Waals surface area contributed by atoms with Gasteiger partial charge in [0.05, 0.1) is 23.8 Å². The number of anilines is 1. The predicted molar refractivity (Wildman–Crippen MR) is 149 cm³/mol. The van der Waals surface area contributed by atoms with E-state index in [9.17, 15) is 9.90 Å². The fourth-order valence-electron chi connectivity index (χ4n) is 5.77. The Kier molecular flexibility index (Phi) is 5.57. The minimum atomic E-state index is -0.193. The molecule has 1 aromatic heterocycles. The molecule has 3 aromatic rings. The molecule has 6 rings (SSSR count). The molecule has 4 heterocycles. The molecule has 37 heavy (non-hydrogen) atoms. The fraction of sp³-hybridized carbons (Fsp3) is 0.300. The molecule has 0 bridgehead atoms. The van der Waals surface area contributed by atoms with Gasteiger partial charge in [0, 0.05) is 40.3 Å². The number of methoxy groups -OCH3 is 1. The molecule has 0 spiro atoms. The molecule has 3 aliphatic rings. The molecule has 6 nitrogen and oxygen atoms in total. The van der Waals surface area contributed by atoms with Crippen LogP contribution in [0.1, 0.15) is 60.0 Å². The van der Waals surface area contributed by atoms with E-state index >= 15 is 0 Å². The molecule has 1 fully saturated rings. The standard InChI is InChI=1S/C30H30N2O4S/c1-17-16-30(2,3)31-20-8-7-19-26(25(17)20)23(36-22-10-9-21(33)28(35-4)27(19)22)15-24-18(11-14-37-24)29(34)32-12-5-6-13-32/h7-11,14-16,31,33H,5-6,12-13H2,1-4H3/b23-15-. The van der Waals surface area contributed by atoms with Gasteiger partial charge in [-0.1, -0.05) is 12.1 Å². The van der Waals surface area contributed by atoms with E-state index in [4.69, 9.17) is 9.47 Å². The summed E-state index contributed by atoms with van der Waals surface area (Å²) >= 11 is 1.54. The van der Waals surface area contributed by atoms with Crippen LogP contribution in [0.4, 0.5) is 5.69 Å². The van der Waals surface area contributed by atoms with Crippen molar-refractivity contribution in [1.29, 1.82) is 0 Å². The molecular weight excluding hydrogens is 484 g/mol. The van der Waals surface area contributed by atoms with Gasteiger partial charge >= 0.3 is 0 Å². The quantitative estimate of drug-likeness (QED) is 0.399. The normalized spacial score (nSPS) is 18.3. The van der Waals surface area contributed by atoms with E-state index in [0.29, 0.717) is 22.8 Å². The molecule has 0 saturated carbocycles. The van der Waals surface area contributed by atoms with Gasteiger partial charge in [-0.05, 0) is 74.9 Å². The lowest BCUT2D eigenvalue weighted by Crippen LogP contribution is -2.32. The summed E-state index contributed by atoms with van der Waals surface area (Å²) in [6.45, 7) is 8.01. The summed E-state index contributed by atoms with van der Waals surface area (Å²) in [7, 11) is 1.55. The average molecular weight is 515 g/mol. The summed E-state index contributed by atoms with van der Waals surface area (Å²) < 4.78 is 12.2. The zero-order chi connectivity index (χ0) is 25.9. The van der Waals surface area contributed by atoms with Gasteiger partial charge in [-0.15, -0.1) is 11.3 Å². The SMILES string of the molecule is COc1c(O)ccc2c1-c1ccc3c(c1/C(=C/c1sccc1C(=O)N1CCCC1)O2)C(C)=CC(C)(C)N3. The Morgan fingerprint density at radius 2 is 1.92 bits per heavy atom. The van der Waals surface area contributed by atoms with Crippen LogP contribution in [0.5, 0.6) is 17.2 Å². The van der Waals surface area contributed by atoms with Gasteiger partial charge in [-0.25, -0.2) is 0 Å². The summed E-state index contributed by atoms with van der Waals surface area (Å²) in [5.41, 5.74) is 6.25. The second kappa shape index (κ2) is 8.70. The van der Waals surface area contributed by atoms with Crippen molar-refractivity contribution >= 4 is 40.3 Å². The maximum atomic E-state index is 13.3. The van der Waals surface area contributed by atoms with Gasteiger partial charge in [-0.2, -0.15) is 0 Å². The average Bonchev–Trinajstić information content (AvgIpc) is 3.55. The molecule has 1 amide bonds. The molecule has 190 valence electrons. The Hall–Kier alpha value is -3.71. The third-order valence-corrected chi connectivity index (χ3v) is 8.12. The van der Waals surface area contributed by atoms with E-state index in [0.717, 1.165) is 64.3 Å². The van der Waals surface area contributed by atoms with Crippen LogP contribution in [0.2, 0.25) is 0 Å². The highest BCUT2D eigenvalue weighted by atomic mass is 32.1. The number of hydrogen-bond donors (Lipinski definition) is 2. The van der Waals surface area contributed by atoms with Gasteiger partial charge < -0.3 is 24.8 Å². The van der Waals surface area contributed by atoms with Crippen LogP contribution in [0.15, 0.2) is 41.8 Å². The van der Waals surface area contributed by atoms with Crippen LogP contribution in [-0.2, 0) is 0 Å². The minimum absolute atomic E-state index is 0.0595. The maximum Gasteiger partial charge on any atom is 0.255 e. The number of fused-ring (bicyclic) bond motifs is 5. The number of likely N-dealkylation sites (tertiary alicyclic amines) is 1. The Bertz CT molecular complexity index is 1490. The second-order valence-corrected chi connectivity index (χ2v) is 11.3. The van der Waals surface area contributed by atoms with Crippen molar-refractivity contribution in [2.24, 2.45) is 0 Å². The van der Waals surface area contributed by atoms with E-state index in [1.807, 2.05) is 22.4 Å². The Labute approximate surface area is 220 Å². The number of phenols is 1. The Morgan fingerprint density at radius 1 is 1.14 bits per heavy atom. The first-order chi connectivity index (χ1) is 17.8. The topological polar surface area (TPSA) is 71.0 Å². The first-order valence-electron chi connectivity index (χ1n) is 12.6. The zero-order valence-electron chi connectivity index (χ0n) is 21.5. The van der Waals surface area contributed by atoms with Crippen LogP contribution >= 0.6 is 11.3 Å². The number of aromatic hydroxyl groups is 1. The van der Waals surface area contributed by atoms with Crippen molar-refractivity contribution in [1.82, 2.24) is 4.90 Å². The van der Waals surface area contributed by atoms with E-state index in [2.05, 4.69) is 44.3 Å². The van der Waals surface area contributed by atoms with E-state index in [1.54, 1.807) is 19.2 Å². The molecule has 1 saturated heterocycles. The highest BCUT2D eigenvalue weighted by molar-refractivity contribution is 7.11. The van der Waals surface area contributed by atoms with Crippen molar-refractivity contribution in [2.75, 3.05) is 25.5 Å². The number of ether oxygens (including phenoxy) is 2. The molecule has 0 radical (unpaired) electrons. The highest BCUT2D eigenvalue weighted by Gasteiger charge is 2.34. The first kappa shape index (κ1) is 23.7. The number of carbonyl (C=O) groups excluding carboxylic acids is 1. The summed E-state index contributed by atoms with van der Waals surface area (Å²) in [5.74, 6) is 1.78. The van der Waals surface area contributed by atoms with Crippen molar-refractivity contribution in [3.63, 3.8) is 0 Å². The molecule has 0 unspecified atom stereocenters. The molecule has 0 atom stereocenters.